The summed E-state index contributed by atoms with van der Waals surface area (Å²) in [7, 11) is 1.61. The molecule has 0 aromatic carbocycles. The fraction of sp³-hybridized carbons (Fsp3) is 0.417. The Morgan fingerprint density at radius 2 is 2.42 bits per heavy atom. The van der Waals surface area contributed by atoms with E-state index in [1.165, 1.54) is 0 Å². The van der Waals surface area contributed by atoms with Crippen LogP contribution in [0, 0.1) is 5.82 Å². The van der Waals surface area contributed by atoms with Gasteiger partial charge in [0.2, 0.25) is 5.91 Å². The molecule has 2 rings (SSSR count). The fourth-order valence-corrected chi connectivity index (χ4v) is 1.95. The summed E-state index contributed by atoms with van der Waals surface area (Å²) in [6.45, 7) is 0.324. The van der Waals surface area contributed by atoms with Gasteiger partial charge in [-0.1, -0.05) is 0 Å². The smallest absolute Gasteiger partial charge is 0.255 e. The van der Waals surface area contributed by atoms with E-state index in [0.29, 0.717) is 25.2 Å². The highest BCUT2D eigenvalue weighted by molar-refractivity contribution is 5.98. The minimum Gasteiger partial charge on any atom is -0.372 e. The van der Waals surface area contributed by atoms with Crippen LogP contribution in [0.2, 0.25) is 0 Å². The molecule has 19 heavy (non-hydrogen) atoms. The van der Waals surface area contributed by atoms with Gasteiger partial charge in [-0.15, -0.1) is 0 Å². The summed E-state index contributed by atoms with van der Waals surface area (Å²) in [4.78, 5) is 26.8. The minimum absolute atomic E-state index is 0.0115. The number of anilines is 1. The molecule has 3 N–H and O–H groups in total. The first kappa shape index (κ1) is 13.3. The lowest BCUT2D eigenvalue weighted by atomic mass is 10.2. The largest absolute Gasteiger partial charge is 0.372 e. The second-order valence-electron chi connectivity index (χ2n) is 4.31. The van der Waals surface area contributed by atoms with Gasteiger partial charge in [-0.2, -0.15) is 0 Å². The van der Waals surface area contributed by atoms with Crippen LogP contribution in [0.5, 0.6) is 0 Å². The van der Waals surface area contributed by atoms with E-state index in [2.05, 4.69) is 20.9 Å². The van der Waals surface area contributed by atoms with Crippen molar-refractivity contribution in [3.63, 3.8) is 0 Å². The quantitative estimate of drug-likeness (QED) is 0.730. The van der Waals surface area contributed by atoms with Crippen molar-refractivity contribution in [2.45, 2.75) is 18.9 Å². The van der Waals surface area contributed by atoms with Crippen molar-refractivity contribution in [1.29, 1.82) is 0 Å². The molecule has 6 nitrogen and oxygen atoms in total. The van der Waals surface area contributed by atoms with Gasteiger partial charge in [-0.3, -0.25) is 9.59 Å². The number of hydrogen-bond acceptors (Lipinski definition) is 4. The molecule has 0 aliphatic carbocycles. The first-order valence-corrected chi connectivity index (χ1v) is 6.01. The molecule has 0 saturated carbocycles. The van der Waals surface area contributed by atoms with E-state index in [9.17, 15) is 14.0 Å². The van der Waals surface area contributed by atoms with Crippen LogP contribution < -0.4 is 16.0 Å². The van der Waals surface area contributed by atoms with Crippen molar-refractivity contribution >= 4 is 17.6 Å². The maximum absolute atomic E-state index is 13.1. The Balaban J connectivity index is 1.99. The van der Waals surface area contributed by atoms with Gasteiger partial charge in [-0.25, -0.2) is 9.37 Å². The van der Waals surface area contributed by atoms with Crippen molar-refractivity contribution < 1.29 is 14.0 Å². The highest BCUT2D eigenvalue weighted by Gasteiger charge is 2.22. The molecule has 1 saturated heterocycles. The predicted octanol–water partition coefficient (Wildman–Crippen LogP) is 0.271. The molecule has 0 spiro atoms. The molecule has 0 radical (unpaired) electrons. The van der Waals surface area contributed by atoms with E-state index in [1.807, 2.05) is 0 Å². The van der Waals surface area contributed by atoms with Crippen LogP contribution in [0.4, 0.5) is 10.2 Å². The van der Waals surface area contributed by atoms with Crippen molar-refractivity contribution in [3.05, 3.63) is 23.6 Å². The molecule has 1 aliphatic rings. The van der Waals surface area contributed by atoms with Crippen LogP contribution in [0.25, 0.3) is 0 Å². The Bertz CT molecular complexity index is 507. The zero-order chi connectivity index (χ0) is 13.8. The minimum atomic E-state index is -0.571. The molecule has 102 valence electrons. The molecule has 1 aliphatic heterocycles. The molecule has 2 amide bonds. The second-order valence-corrected chi connectivity index (χ2v) is 4.31. The van der Waals surface area contributed by atoms with E-state index in [-0.39, 0.29) is 17.5 Å². The van der Waals surface area contributed by atoms with Crippen molar-refractivity contribution in [1.82, 2.24) is 15.6 Å². The summed E-state index contributed by atoms with van der Waals surface area (Å²) in [5.74, 6) is -0.687. The lowest BCUT2D eigenvalue weighted by Gasteiger charge is -2.12. The van der Waals surface area contributed by atoms with Crippen LogP contribution in [0.1, 0.15) is 23.2 Å². The lowest BCUT2D eigenvalue weighted by Crippen LogP contribution is -2.38. The summed E-state index contributed by atoms with van der Waals surface area (Å²) in [5.41, 5.74) is 0.145. The molecule has 0 bridgehead atoms. The average Bonchev–Trinajstić information content (AvgIpc) is 2.81. The van der Waals surface area contributed by atoms with Gasteiger partial charge in [-0.05, 0) is 12.5 Å². The molecular formula is C12H15FN4O2. The third-order valence-corrected chi connectivity index (χ3v) is 2.93. The molecule has 1 unspecified atom stereocenters. The van der Waals surface area contributed by atoms with Gasteiger partial charge in [0.1, 0.15) is 11.6 Å². The molecular weight excluding hydrogens is 251 g/mol. The van der Waals surface area contributed by atoms with Gasteiger partial charge in [0, 0.05) is 26.1 Å². The summed E-state index contributed by atoms with van der Waals surface area (Å²) >= 11 is 0. The molecule has 1 atom stereocenters. The number of pyridine rings is 1. The first-order valence-electron chi connectivity index (χ1n) is 6.01. The summed E-state index contributed by atoms with van der Waals surface area (Å²) in [6.07, 6.45) is 2.21. The number of rotatable bonds is 4. The normalized spacial score (nSPS) is 18.0. The second kappa shape index (κ2) is 5.64. The Kier molecular flexibility index (Phi) is 3.94. The van der Waals surface area contributed by atoms with Crippen LogP contribution >= 0.6 is 0 Å². The van der Waals surface area contributed by atoms with E-state index in [4.69, 9.17) is 0 Å². The Labute approximate surface area is 109 Å². The zero-order valence-corrected chi connectivity index (χ0v) is 10.5. The molecule has 1 fully saturated rings. The summed E-state index contributed by atoms with van der Waals surface area (Å²) in [5, 5.41) is 8.14. The summed E-state index contributed by atoms with van der Waals surface area (Å²) < 4.78 is 13.1. The molecule has 7 heteroatoms. The topological polar surface area (TPSA) is 83.1 Å². The van der Waals surface area contributed by atoms with E-state index in [1.54, 1.807) is 7.05 Å². The number of nitrogens with zero attached hydrogens (tertiary/aromatic N) is 1. The maximum atomic E-state index is 13.1. The molecule has 2 heterocycles. The number of hydrogen-bond donors (Lipinski definition) is 3. The maximum Gasteiger partial charge on any atom is 0.255 e. The van der Waals surface area contributed by atoms with Crippen molar-refractivity contribution in [2.75, 3.05) is 18.9 Å². The highest BCUT2D eigenvalue weighted by atomic mass is 19.1. The van der Waals surface area contributed by atoms with Gasteiger partial charge in [0.05, 0.1) is 11.8 Å². The third kappa shape index (κ3) is 3.18. The predicted molar refractivity (Wildman–Crippen MR) is 67.2 cm³/mol. The van der Waals surface area contributed by atoms with Crippen LogP contribution in [0.15, 0.2) is 12.3 Å². The lowest BCUT2D eigenvalue weighted by molar-refractivity contribution is -0.119. The van der Waals surface area contributed by atoms with Crippen LogP contribution in [-0.4, -0.2) is 36.4 Å². The van der Waals surface area contributed by atoms with Crippen LogP contribution in [-0.2, 0) is 4.79 Å². The number of nitrogens with one attached hydrogen (secondary N) is 3. The number of halogens is 1. The SMILES string of the molecule is CNc1ncc(F)cc1C(=O)NCC1CCC(=O)N1. The zero-order valence-electron chi connectivity index (χ0n) is 10.5. The first-order chi connectivity index (χ1) is 9.10. The van der Waals surface area contributed by atoms with Gasteiger partial charge in [0.25, 0.3) is 5.91 Å². The van der Waals surface area contributed by atoms with Gasteiger partial charge >= 0.3 is 0 Å². The van der Waals surface area contributed by atoms with Gasteiger partial charge < -0.3 is 16.0 Å². The van der Waals surface area contributed by atoms with E-state index < -0.39 is 11.7 Å². The highest BCUT2D eigenvalue weighted by Crippen LogP contribution is 2.13. The van der Waals surface area contributed by atoms with Crippen molar-refractivity contribution in [3.8, 4) is 0 Å². The van der Waals surface area contributed by atoms with E-state index in [0.717, 1.165) is 12.3 Å². The standard InChI is InChI=1S/C12H15FN4O2/c1-14-11-9(4-7(13)5-15-11)12(19)16-6-8-2-3-10(18)17-8/h4-5,8H,2-3,6H2,1H3,(H,14,15)(H,16,19)(H,17,18). The Hall–Kier alpha value is -2.18. The third-order valence-electron chi connectivity index (χ3n) is 2.93. The number of aromatic nitrogens is 1. The Morgan fingerprint density at radius 1 is 1.63 bits per heavy atom. The number of amides is 2. The van der Waals surface area contributed by atoms with E-state index >= 15 is 0 Å². The Morgan fingerprint density at radius 3 is 3.05 bits per heavy atom. The van der Waals surface area contributed by atoms with Crippen molar-refractivity contribution in [2.24, 2.45) is 0 Å². The number of carbonyl (C=O) groups excluding carboxylic acids is 2. The number of carbonyl (C=O) groups is 2. The fourth-order valence-electron chi connectivity index (χ4n) is 1.95. The summed E-state index contributed by atoms with van der Waals surface area (Å²) in [6, 6.07) is 1.07. The van der Waals surface area contributed by atoms with Crippen LogP contribution in [0.3, 0.4) is 0 Å². The molecule has 1 aromatic heterocycles. The average molecular weight is 266 g/mol. The monoisotopic (exact) mass is 266 g/mol. The molecule has 1 aromatic rings. The van der Waals surface area contributed by atoms with Gasteiger partial charge in [0.15, 0.2) is 0 Å².